The van der Waals surface area contributed by atoms with Gasteiger partial charge in [-0.25, -0.2) is 4.98 Å². The van der Waals surface area contributed by atoms with Crippen LogP contribution in [-0.4, -0.2) is 55.1 Å². The molecule has 0 aliphatic carbocycles. The van der Waals surface area contributed by atoms with Crippen LogP contribution in [0.15, 0.2) is 42.5 Å². The molecule has 2 aromatic carbocycles. The first-order valence-corrected chi connectivity index (χ1v) is 11.4. The van der Waals surface area contributed by atoms with E-state index in [1.54, 1.807) is 11.3 Å². The highest BCUT2D eigenvalue weighted by Gasteiger charge is 2.20. The SMILES string of the molecule is O=C1Cc2ccc(OCCCCN3CCN(c4nc5ccccc5s4)CC3)cc2N1. The highest BCUT2D eigenvalue weighted by Crippen LogP contribution is 2.29. The van der Waals surface area contributed by atoms with E-state index in [9.17, 15) is 4.79 Å². The number of carbonyl (C=O) groups excluding carboxylic acids is 1. The van der Waals surface area contributed by atoms with Crippen molar-refractivity contribution in [2.45, 2.75) is 19.3 Å². The number of fused-ring (bicyclic) bond motifs is 2. The van der Waals surface area contributed by atoms with Gasteiger partial charge in [0.1, 0.15) is 5.75 Å². The van der Waals surface area contributed by atoms with E-state index in [2.05, 4.69) is 39.4 Å². The number of amides is 1. The Morgan fingerprint density at radius 2 is 1.93 bits per heavy atom. The first-order chi connectivity index (χ1) is 14.7. The van der Waals surface area contributed by atoms with E-state index in [-0.39, 0.29) is 5.91 Å². The van der Waals surface area contributed by atoms with Gasteiger partial charge >= 0.3 is 0 Å². The van der Waals surface area contributed by atoms with E-state index in [4.69, 9.17) is 9.72 Å². The molecule has 0 saturated carbocycles. The molecule has 1 amide bonds. The van der Waals surface area contributed by atoms with Crippen LogP contribution in [0.25, 0.3) is 10.2 Å². The van der Waals surface area contributed by atoms with Crippen LogP contribution in [0.5, 0.6) is 5.75 Å². The molecule has 1 N–H and O–H groups in total. The summed E-state index contributed by atoms with van der Waals surface area (Å²) in [5.74, 6) is 0.894. The Hall–Kier alpha value is -2.64. The van der Waals surface area contributed by atoms with E-state index >= 15 is 0 Å². The maximum atomic E-state index is 11.4. The number of anilines is 2. The van der Waals surface area contributed by atoms with Gasteiger partial charge in [0.05, 0.1) is 23.2 Å². The molecule has 2 aliphatic heterocycles. The molecule has 156 valence electrons. The van der Waals surface area contributed by atoms with Gasteiger partial charge in [0, 0.05) is 37.9 Å². The molecular weight excluding hydrogens is 396 g/mol. The Morgan fingerprint density at radius 3 is 2.80 bits per heavy atom. The van der Waals surface area contributed by atoms with E-state index < -0.39 is 0 Å². The first-order valence-electron chi connectivity index (χ1n) is 10.6. The fourth-order valence-corrected chi connectivity index (χ4v) is 5.09. The molecule has 1 fully saturated rings. The van der Waals surface area contributed by atoms with Crippen LogP contribution >= 0.6 is 11.3 Å². The fourth-order valence-electron chi connectivity index (χ4n) is 4.07. The highest BCUT2D eigenvalue weighted by atomic mass is 32.1. The van der Waals surface area contributed by atoms with Crippen molar-refractivity contribution < 1.29 is 9.53 Å². The number of ether oxygens (including phenoxy) is 1. The minimum Gasteiger partial charge on any atom is -0.494 e. The van der Waals surface area contributed by atoms with Crippen molar-refractivity contribution in [3.05, 3.63) is 48.0 Å². The number of rotatable bonds is 7. The lowest BCUT2D eigenvalue weighted by Gasteiger charge is -2.34. The molecule has 0 atom stereocenters. The summed E-state index contributed by atoms with van der Waals surface area (Å²) in [6, 6.07) is 14.2. The summed E-state index contributed by atoms with van der Waals surface area (Å²) in [5, 5.41) is 4.02. The minimum atomic E-state index is 0.0605. The number of para-hydroxylation sites is 1. The lowest BCUT2D eigenvalue weighted by Crippen LogP contribution is -2.46. The summed E-state index contributed by atoms with van der Waals surface area (Å²) in [4.78, 5) is 21.2. The second kappa shape index (κ2) is 8.62. The van der Waals surface area contributed by atoms with Gasteiger partial charge in [-0.05, 0) is 43.1 Å². The van der Waals surface area contributed by atoms with E-state index in [1.807, 2.05) is 18.2 Å². The second-order valence-corrected chi connectivity index (χ2v) is 8.90. The predicted molar refractivity (Wildman–Crippen MR) is 122 cm³/mol. The third-order valence-corrected chi connectivity index (χ3v) is 6.87. The van der Waals surface area contributed by atoms with Crippen molar-refractivity contribution in [3.63, 3.8) is 0 Å². The maximum absolute atomic E-state index is 11.4. The minimum absolute atomic E-state index is 0.0605. The molecule has 2 aliphatic rings. The summed E-state index contributed by atoms with van der Waals surface area (Å²) >= 11 is 1.79. The molecule has 0 unspecified atom stereocenters. The number of hydrogen-bond acceptors (Lipinski definition) is 6. The second-order valence-electron chi connectivity index (χ2n) is 7.89. The summed E-state index contributed by atoms with van der Waals surface area (Å²) in [6.07, 6.45) is 2.63. The zero-order valence-corrected chi connectivity index (χ0v) is 17.8. The molecule has 7 heteroatoms. The van der Waals surface area contributed by atoms with Crippen LogP contribution in [0.4, 0.5) is 10.8 Å². The molecule has 6 nitrogen and oxygen atoms in total. The normalized spacial score (nSPS) is 16.7. The number of nitrogens with zero attached hydrogens (tertiary/aromatic N) is 3. The van der Waals surface area contributed by atoms with Crippen molar-refractivity contribution in [2.24, 2.45) is 0 Å². The predicted octanol–water partition coefficient (Wildman–Crippen LogP) is 3.77. The highest BCUT2D eigenvalue weighted by molar-refractivity contribution is 7.22. The van der Waals surface area contributed by atoms with Crippen LogP contribution in [0.1, 0.15) is 18.4 Å². The lowest BCUT2D eigenvalue weighted by atomic mass is 10.1. The molecule has 3 heterocycles. The van der Waals surface area contributed by atoms with Crippen molar-refractivity contribution in [3.8, 4) is 5.75 Å². The summed E-state index contributed by atoms with van der Waals surface area (Å²) in [5.41, 5.74) is 3.05. The van der Waals surface area contributed by atoms with Crippen LogP contribution in [-0.2, 0) is 11.2 Å². The number of piperazine rings is 1. The largest absolute Gasteiger partial charge is 0.494 e. The average Bonchev–Trinajstić information content (AvgIpc) is 3.36. The Balaban J connectivity index is 1.02. The first kappa shape index (κ1) is 19.3. The number of nitrogens with one attached hydrogen (secondary N) is 1. The number of carbonyl (C=O) groups is 1. The van der Waals surface area contributed by atoms with Crippen molar-refractivity contribution in [1.29, 1.82) is 0 Å². The standard InChI is InChI=1S/C23H26N4O2S/c28-22-15-17-7-8-18(16-20(17)24-22)29-14-4-3-9-26-10-12-27(13-11-26)23-25-19-5-1-2-6-21(19)30-23/h1-2,5-8,16H,3-4,9-15H2,(H,24,28). The van der Waals surface area contributed by atoms with Gasteiger partial charge in [-0.2, -0.15) is 0 Å². The number of aromatic nitrogens is 1. The van der Waals surface area contributed by atoms with Crippen LogP contribution < -0.4 is 15.0 Å². The average molecular weight is 423 g/mol. The summed E-state index contributed by atoms with van der Waals surface area (Å²) in [7, 11) is 0. The Morgan fingerprint density at radius 1 is 1.07 bits per heavy atom. The van der Waals surface area contributed by atoms with Crippen molar-refractivity contribution in [2.75, 3.05) is 49.5 Å². The van der Waals surface area contributed by atoms with Gasteiger partial charge < -0.3 is 15.0 Å². The smallest absolute Gasteiger partial charge is 0.228 e. The zero-order valence-electron chi connectivity index (χ0n) is 17.0. The number of thiazole rings is 1. The molecule has 1 aromatic heterocycles. The van der Waals surface area contributed by atoms with Gasteiger partial charge in [0.2, 0.25) is 5.91 Å². The van der Waals surface area contributed by atoms with E-state index in [1.165, 1.54) is 4.70 Å². The fraction of sp³-hybridized carbons (Fsp3) is 0.391. The third-order valence-electron chi connectivity index (χ3n) is 5.77. The molecule has 1 saturated heterocycles. The molecular formula is C23H26N4O2S. The van der Waals surface area contributed by atoms with Crippen molar-refractivity contribution in [1.82, 2.24) is 9.88 Å². The number of benzene rings is 2. The van der Waals surface area contributed by atoms with Gasteiger partial charge in [-0.15, -0.1) is 0 Å². The van der Waals surface area contributed by atoms with Crippen LogP contribution in [0.3, 0.4) is 0 Å². The molecule has 3 aromatic rings. The molecule has 30 heavy (non-hydrogen) atoms. The lowest BCUT2D eigenvalue weighted by molar-refractivity contribution is -0.115. The quantitative estimate of drug-likeness (QED) is 0.588. The van der Waals surface area contributed by atoms with Gasteiger partial charge in [-0.1, -0.05) is 29.5 Å². The molecule has 0 radical (unpaired) electrons. The molecule has 5 rings (SSSR count). The van der Waals surface area contributed by atoms with Crippen LogP contribution in [0, 0.1) is 0 Å². The van der Waals surface area contributed by atoms with Gasteiger partial charge in [0.15, 0.2) is 5.13 Å². The van der Waals surface area contributed by atoms with E-state index in [0.717, 1.165) is 73.2 Å². The maximum Gasteiger partial charge on any atom is 0.228 e. The zero-order chi connectivity index (χ0) is 20.3. The monoisotopic (exact) mass is 422 g/mol. The molecule has 0 spiro atoms. The Kier molecular flexibility index (Phi) is 5.55. The Labute approximate surface area is 180 Å². The van der Waals surface area contributed by atoms with Crippen molar-refractivity contribution >= 4 is 38.3 Å². The Bertz CT molecular complexity index is 1010. The number of unbranched alkanes of at least 4 members (excludes halogenated alkanes) is 1. The summed E-state index contributed by atoms with van der Waals surface area (Å²) in [6.45, 7) is 6.06. The topological polar surface area (TPSA) is 57.7 Å². The van der Waals surface area contributed by atoms with Gasteiger partial charge in [-0.3, -0.25) is 9.69 Å². The van der Waals surface area contributed by atoms with Gasteiger partial charge in [0.25, 0.3) is 0 Å². The molecule has 0 bridgehead atoms. The number of hydrogen-bond donors (Lipinski definition) is 1. The van der Waals surface area contributed by atoms with Crippen LogP contribution in [0.2, 0.25) is 0 Å². The third kappa shape index (κ3) is 4.27. The summed E-state index contributed by atoms with van der Waals surface area (Å²) < 4.78 is 7.14. The van der Waals surface area contributed by atoms with E-state index in [0.29, 0.717) is 13.0 Å².